The molecule has 8 heteroatoms. The molecule has 2 rings (SSSR count). The fourth-order valence-electron chi connectivity index (χ4n) is 1.85. The van der Waals surface area contributed by atoms with Crippen molar-refractivity contribution in [1.82, 2.24) is 4.90 Å². The number of hydrogen-bond acceptors (Lipinski definition) is 6. The van der Waals surface area contributed by atoms with Gasteiger partial charge < -0.3 is 9.84 Å². The normalized spacial score (nSPS) is 16.5. The van der Waals surface area contributed by atoms with Gasteiger partial charge in [0.25, 0.3) is 11.1 Å². The highest BCUT2D eigenvalue weighted by Gasteiger charge is 2.36. The number of phenols is 1. The lowest BCUT2D eigenvalue weighted by Crippen LogP contribution is -2.35. The predicted molar refractivity (Wildman–Crippen MR) is 87.0 cm³/mol. The monoisotopic (exact) mass is 355 g/mol. The van der Waals surface area contributed by atoms with Gasteiger partial charge in [-0.05, 0) is 49.9 Å². The van der Waals surface area contributed by atoms with E-state index in [4.69, 9.17) is 16.3 Å². The fourth-order valence-corrected chi connectivity index (χ4v) is 2.86. The van der Waals surface area contributed by atoms with Crippen LogP contribution in [0, 0.1) is 0 Å². The smallest absolute Gasteiger partial charge is 0.326 e. The number of phenolic OH excluding ortho intramolecular Hbond substituents is 1. The standard InChI is InChI=1S/C15H14ClNO5S/c1-8(2)22-13(19)7-17-14(20)12(23-15(17)21)6-9-5-10(16)3-4-11(9)18/h3-6,8,18H,7H2,1-2H3/b12-6-. The number of esters is 1. The summed E-state index contributed by atoms with van der Waals surface area (Å²) in [6.07, 6.45) is 1.03. The first-order valence-electron chi connectivity index (χ1n) is 6.71. The molecule has 0 bridgehead atoms. The van der Waals surface area contributed by atoms with Crippen molar-refractivity contribution in [3.63, 3.8) is 0 Å². The van der Waals surface area contributed by atoms with E-state index in [1.165, 1.54) is 24.3 Å². The van der Waals surface area contributed by atoms with E-state index in [1.54, 1.807) is 13.8 Å². The molecule has 0 aromatic heterocycles. The summed E-state index contributed by atoms with van der Waals surface area (Å²) in [7, 11) is 0. The number of carbonyl (C=O) groups is 3. The molecule has 6 nitrogen and oxygen atoms in total. The zero-order valence-electron chi connectivity index (χ0n) is 12.4. The second-order valence-electron chi connectivity index (χ2n) is 5.01. The first-order valence-corrected chi connectivity index (χ1v) is 7.90. The lowest BCUT2D eigenvalue weighted by molar-refractivity contribution is -0.149. The van der Waals surface area contributed by atoms with Crippen LogP contribution in [0.4, 0.5) is 4.79 Å². The molecule has 0 radical (unpaired) electrons. The van der Waals surface area contributed by atoms with Gasteiger partial charge in [-0.3, -0.25) is 19.3 Å². The molecule has 122 valence electrons. The zero-order valence-corrected chi connectivity index (χ0v) is 14.0. The first-order chi connectivity index (χ1) is 10.8. The van der Waals surface area contributed by atoms with Crippen LogP contribution < -0.4 is 0 Å². The quantitative estimate of drug-likeness (QED) is 0.660. The van der Waals surface area contributed by atoms with Crippen LogP contribution in [-0.2, 0) is 14.3 Å². The van der Waals surface area contributed by atoms with Gasteiger partial charge in [0.2, 0.25) is 0 Å². The van der Waals surface area contributed by atoms with Gasteiger partial charge in [-0.15, -0.1) is 0 Å². The second-order valence-corrected chi connectivity index (χ2v) is 6.44. The molecule has 0 aliphatic carbocycles. The van der Waals surface area contributed by atoms with Crippen LogP contribution in [0.3, 0.4) is 0 Å². The van der Waals surface area contributed by atoms with Crippen LogP contribution in [0.2, 0.25) is 5.02 Å². The highest BCUT2D eigenvalue weighted by molar-refractivity contribution is 8.18. The van der Waals surface area contributed by atoms with Gasteiger partial charge in [-0.2, -0.15) is 0 Å². The van der Waals surface area contributed by atoms with Gasteiger partial charge in [-0.1, -0.05) is 11.6 Å². The molecule has 1 saturated heterocycles. The Bertz CT molecular complexity index is 701. The Labute approximate surface area is 142 Å². The van der Waals surface area contributed by atoms with Gasteiger partial charge in [0.15, 0.2) is 0 Å². The van der Waals surface area contributed by atoms with Crippen molar-refractivity contribution in [1.29, 1.82) is 0 Å². The number of amides is 2. The minimum atomic E-state index is -0.658. The molecule has 0 unspecified atom stereocenters. The summed E-state index contributed by atoms with van der Waals surface area (Å²) in [5, 5.41) is 9.58. The molecule has 0 spiro atoms. The minimum Gasteiger partial charge on any atom is -0.507 e. The molecule has 1 heterocycles. The maximum absolute atomic E-state index is 12.2. The summed E-state index contributed by atoms with van der Waals surface area (Å²) in [5.74, 6) is -1.34. The molecule has 1 N–H and O–H groups in total. The van der Waals surface area contributed by atoms with Gasteiger partial charge in [0, 0.05) is 10.6 Å². The van der Waals surface area contributed by atoms with E-state index < -0.39 is 23.7 Å². The fraction of sp³-hybridized carbons (Fsp3) is 0.267. The van der Waals surface area contributed by atoms with E-state index in [2.05, 4.69) is 0 Å². The SMILES string of the molecule is CC(C)OC(=O)CN1C(=O)S/C(=C\c2cc(Cl)ccc2O)C1=O. The third-order valence-electron chi connectivity index (χ3n) is 2.80. The van der Waals surface area contributed by atoms with E-state index in [0.29, 0.717) is 22.3 Å². The minimum absolute atomic E-state index is 0.0691. The van der Waals surface area contributed by atoms with E-state index in [9.17, 15) is 19.5 Å². The number of ether oxygens (including phenoxy) is 1. The Morgan fingerprint density at radius 1 is 1.43 bits per heavy atom. The maximum atomic E-state index is 12.2. The summed E-state index contributed by atoms with van der Waals surface area (Å²) < 4.78 is 4.93. The Morgan fingerprint density at radius 2 is 2.13 bits per heavy atom. The van der Waals surface area contributed by atoms with Crippen molar-refractivity contribution in [2.45, 2.75) is 20.0 Å². The number of halogens is 1. The molecular formula is C15H14ClNO5S. The molecule has 0 atom stereocenters. The molecule has 23 heavy (non-hydrogen) atoms. The van der Waals surface area contributed by atoms with E-state index in [-0.39, 0.29) is 16.8 Å². The summed E-state index contributed by atoms with van der Waals surface area (Å²) in [5.41, 5.74) is 0.313. The van der Waals surface area contributed by atoms with Crippen molar-refractivity contribution < 1.29 is 24.2 Å². The Morgan fingerprint density at radius 3 is 2.78 bits per heavy atom. The number of imide groups is 1. The Hall–Kier alpha value is -1.99. The Balaban J connectivity index is 2.19. The second kappa shape index (κ2) is 7.06. The van der Waals surface area contributed by atoms with E-state index in [0.717, 1.165) is 4.90 Å². The number of aromatic hydroxyl groups is 1. The average Bonchev–Trinajstić information content (AvgIpc) is 2.70. The summed E-state index contributed by atoms with van der Waals surface area (Å²) in [4.78, 5) is 36.6. The van der Waals surface area contributed by atoms with Crippen LogP contribution in [0.1, 0.15) is 19.4 Å². The highest BCUT2D eigenvalue weighted by Crippen LogP contribution is 2.34. The number of thioether (sulfide) groups is 1. The van der Waals surface area contributed by atoms with Crippen molar-refractivity contribution in [3.8, 4) is 5.75 Å². The number of nitrogens with zero attached hydrogens (tertiary/aromatic N) is 1. The summed E-state index contributed by atoms with van der Waals surface area (Å²) >= 11 is 6.53. The maximum Gasteiger partial charge on any atom is 0.326 e. The topological polar surface area (TPSA) is 83.9 Å². The molecule has 1 aromatic rings. The first kappa shape index (κ1) is 17.4. The summed E-state index contributed by atoms with van der Waals surface area (Å²) in [6, 6.07) is 4.36. The van der Waals surface area contributed by atoms with Crippen molar-refractivity contribution in [3.05, 3.63) is 33.7 Å². The van der Waals surface area contributed by atoms with Gasteiger partial charge in [0.05, 0.1) is 11.0 Å². The lowest BCUT2D eigenvalue weighted by Gasteiger charge is -2.13. The third kappa shape index (κ3) is 4.27. The van der Waals surface area contributed by atoms with Crippen molar-refractivity contribution in [2.24, 2.45) is 0 Å². The lowest BCUT2D eigenvalue weighted by atomic mass is 10.2. The average molecular weight is 356 g/mol. The Kier molecular flexibility index (Phi) is 5.33. The van der Waals surface area contributed by atoms with Crippen LogP contribution in [0.25, 0.3) is 6.08 Å². The molecule has 1 aliphatic rings. The van der Waals surface area contributed by atoms with E-state index >= 15 is 0 Å². The molecular weight excluding hydrogens is 342 g/mol. The molecule has 0 saturated carbocycles. The van der Waals surface area contributed by atoms with Crippen LogP contribution in [-0.4, -0.2) is 39.8 Å². The number of carbonyl (C=O) groups excluding carboxylic acids is 3. The largest absolute Gasteiger partial charge is 0.507 e. The molecule has 1 aliphatic heterocycles. The third-order valence-corrected chi connectivity index (χ3v) is 3.95. The van der Waals surface area contributed by atoms with Crippen LogP contribution >= 0.6 is 23.4 Å². The van der Waals surface area contributed by atoms with Crippen molar-refractivity contribution >= 4 is 46.6 Å². The zero-order chi connectivity index (χ0) is 17.1. The highest BCUT2D eigenvalue weighted by atomic mass is 35.5. The van der Waals surface area contributed by atoms with Gasteiger partial charge in [-0.25, -0.2) is 0 Å². The van der Waals surface area contributed by atoms with Gasteiger partial charge >= 0.3 is 5.97 Å². The number of rotatable bonds is 4. The summed E-state index contributed by atoms with van der Waals surface area (Å²) in [6.45, 7) is 2.91. The molecule has 1 aromatic carbocycles. The molecule has 1 fully saturated rings. The van der Waals surface area contributed by atoms with Crippen LogP contribution in [0.15, 0.2) is 23.1 Å². The van der Waals surface area contributed by atoms with Gasteiger partial charge in [0.1, 0.15) is 12.3 Å². The number of benzene rings is 1. The van der Waals surface area contributed by atoms with Crippen LogP contribution in [0.5, 0.6) is 5.75 Å². The predicted octanol–water partition coefficient (Wildman–Crippen LogP) is 3.03. The van der Waals surface area contributed by atoms with Crippen molar-refractivity contribution in [2.75, 3.05) is 6.54 Å². The molecule has 2 amide bonds. The van der Waals surface area contributed by atoms with E-state index in [1.807, 2.05) is 0 Å². The number of hydrogen-bond donors (Lipinski definition) is 1.